The summed E-state index contributed by atoms with van der Waals surface area (Å²) < 4.78 is 1.84. The summed E-state index contributed by atoms with van der Waals surface area (Å²) in [6, 6.07) is 0. The van der Waals surface area contributed by atoms with E-state index in [9.17, 15) is 4.79 Å². The van der Waals surface area contributed by atoms with Crippen molar-refractivity contribution in [3.63, 3.8) is 0 Å². The number of hydrogen-bond acceptors (Lipinski definition) is 3. The van der Waals surface area contributed by atoms with E-state index in [1.807, 2.05) is 10.8 Å². The number of nitrogens with zero attached hydrogens (tertiary/aromatic N) is 2. The highest BCUT2D eigenvalue weighted by Gasteiger charge is 2.18. The maximum absolute atomic E-state index is 10.7. The van der Waals surface area contributed by atoms with Crippen molar-refractivity contribution in [3.8, 4) is 0 Å². The molecule has 3 nitrogen and oxygen atoms in total. The van der Waals surface area contributed by atoms with E-state index < -0.39 is 0 Å². The third kappa shape index (κ3) is 0.666. The van der Waals surface area contributed by atoms with Crippen LogP contribution in [-0.4, -0.2) is 14.7 Å². The van der Waals surface area contributed by atoms with Gasteiger partial charge in [0, 0.05) is 12.4 Å². The van der Waals surface area contributed by atoms with Crippen LogP contribution in [0.15, 0.2) is 17.6 Å². The maximum Gasteiger partial charge on any atom is 0.216 e. The molecule has 0 saturated heterocycles. The van der Waals surface area contributed by atoms with Crippen LogP contribution in [0.4, 0.5) is 0 Å². The molecule has 0 atom stereocenters. The van der Waals surface area contributed by atoms with E-state index >= 15 is 0 Å². The molecule has 0 aliphatic carbocycles. The molecule has 0 bridgehead atoms. The van der Waals surface area contributed by atoms with Crippen LogP contribution in [0, 0.1) is 0 Å². The van der Waals surface area contributed by atoms with E-state index in [2.05, 4.69) is 4.98 Å². The Hall–Kier alpha value is -0.770. The molecule has 1 aromatic heterocycles. The Morgan fingerprint density at radius 2 is 2.67 bits per heavy atom. The molecule has 0 radical (unpaired) electrons. The fourth-order valence-electron chi connectivity index (χ4n) is 0.794. The maximum atomic E-state index is 10.7. The first-order chi connectivity index (χ1) is 4.36. The van der Waals surface area contributed by atoms with Gasteiger partial charge < -0.3 is 4.57 Å². The molecule has 0 spiro atoms. The van der Waals surface area contributed by atoms with E-state index in [1.165, 1.54) is 11.8 Å². The van der Waals surface area contributed by atoms with Gasteiger partial charge in [-0.1, -0.05) is 0 Å². The molecule has 0 fully saturated rings. The SMILES string of the molecule is O=C1Cn2ccnc2S1. The van der Waals surface area contributed by atoms with Gasteiger partial charge in [-0.05, 0) is 11.8 Å². The minimum atomic E-state index is 0.179. The Kier molecular flexibility index (Phi) is 0.900. The van der Waals surface area contributed by atoms with Crippen molar-refractivity contribution in [1.82, 2.24) is 9.55 Å². The smallest absolute Gasteiger partial charge is 0.216 e. The van der Waals surface area contributed by atoms with Gasteiger partial charge in [0.25, 0.3) is 0 Å². The summed E-state index contributed by atoms with van der Waals surface area (Å²) in [4.78, 5) is 14.6. The van der Waals surface area contributed by atoms with E-state index in [-0.39, 0.29) is 5.12 Å². The van der Waals surface area contributed by atoms with E-state index in [0.29, 0.717) is 6.54 Å². The summed E-state index contributed by atoms with van der Waals surface area (Å²) in [5.41, 5.74) is 0. The van der Waals surface area contributed by atoms with Crippen molar-refractivity contribution in [2.45, 2.75) is 11.7 Å². The minimum absolute atomic E-state index is 0.179. The van der Waals surface area contributed by atoms with Gasteiger partial charge >= 0.3 is 0 Å². The third-order valence-electron chi connectivity index (χ3n) is 1.18. The van der Waals surface area contributed by atoms with Crippen LogP contribution >= 0.6 is 11.8 Å². The third-order valence-corrected chi connectivity index (χ3v) is 2.06. The molecule has 46 valence electrons. The van der Waals surface area contributed by atoms with Crippen LogP contribution in [0.1, 0.15) is 0 Å². The number of aromatic nitrogens is 2. The summed E-state index contributed by atoms with van der Waals surface area (Å²) in [6.45, 7) is 0.486. The molecule has 9 heavy (non-hydrogen) atoms. The zero-order valence-electron chi connectivity index (χ0n) is 4.57. The van der Waals surface area contributed by atoms with Crippen molar-refractivity contribution >= 4 is 16.9 Å². The molecular weight excluding hydrogens is 136 g/mol. The summed E-state index contributed by atoms with van der Waals surface area (Å²) in [5, 5.41) is 0.998. The summed E-state index contributed by atoms with van der Waals surface area (Å²) in [6.07, 6.45) is 3.52. The first kappa shape index (κ1) is 5.05. The van der Waals surface area contributed by atoms with E-state index in [0.717, 1.165) is 5.16 Å². The molecule has 2 rings (SSSR count). The molecular formula is C5H4N2OS. The lowest BCUT2D eigenvalue weighted by atomic mass is 10.7. The van der Waals surface area contributed by atoms with Gasteiger partial charge in [-0.25, -0.2) is 4.98 Å². The van der Waals surface area contributed by atoms with E-state index in [1.54, 1.807) is 6.20 Å². The Bertz CT molecular complexity index is 233. The van der Waals surface area contributed by atoms with Crippen LogP contribution in [0.25, 0.3) is 0 Å². The first-order valence-corrected chi connectivity index (χ1v) is 3.40. The number of imidazole rings is 1. The summed E-state index contributed by atoms with van der Waals surface area (Å²) >= 11 is 1.21. The number of hydrogen-bond donors (Lipinski definition) is 0. The van der Waals surface area contributed by atoms with Gasteiger partial charge in [0.05, 0.1) is 6.54 Å². The number of carbonyl (C=O) groups is 1. The predicted molar refractivity (Wildman–Crippen MR) is 33.1 cm³/mol. The van der Waals surface area contributed by atoms with E-state index in [4.69, 9.17) is 0 Å². The number of carbonyl (C=O) groups excluding carboxylic acids is 1. The van der Waals surface area contributed by atoms with Crippen LogP contribution in [0.3, 0.4) is 0 Å². The normalized spacial score (nSPS) is 16.2. The lowest BCUT2D eigenvalue weighted by Crippen LogP contribution is -1.94. The van der Waals surface area contributed by atoms with Crippen molar-refractivity contribution in [1.29, 1.82) is 0 Å². The van der Waals surface area contributed by atoms with Crippen LogP contribution in [0.5, 0.6) is 0 Å². The van der Waals surface area contributed by atoms with Gasteiger partial charge in [0.1, 0.15) is 0 Å². The highest BCUT2D eigenvalue weighted by Crippen LogP contribution is 2.23. The lowest BCUT2D eigenvalue weighted by molar-refractivity contribution is -0.111. The Morgan fingerprint density at radius 3 is 3.44 bits per heavy atom. The Balaban J connectivity index is 2.49. The topological polar surface area (TPSA) is 34.9 Å². The zero-order valence-corrected chi connectivity index (χ0v) is 5.39. The van der Waals surface area contributed by atoms with Crippen molar-refractivity contribution in [2.24, 2.45) is 0 Å². The fourth-order valence-corrected chi connectivity index (χ4v) is 1.56. The van der Waals surface area contributed by atoms with Gasteiger partial charge in [0.2, 0.25) is 5.12 Å². The van der Waals surface area contributed by atoms with Crippen molar-refractivity contribution in [3.05, 3.63) is 12.4 Å². The predicted octanol–water partition coefficient (Wildman–Crippen LogP) is 0.515. The molecule has 1 aromatic rings. The molecule has 1 aliphatic rings. The van der Waals surface area contributed by atoms with Gasteiger partial charge in [-0.15, -0.1) is 0 Å². The monoisotopic (exact) mass is 140 g/mol. The molecule has 0 aromatic carbocycles. The molecule has 0 saturated carbocycles. The molecule has 0 N–H and O–H groups in total. The molecule has 2 heterocycles. The average molecular weight is 140 g/mol. The molecule has 4 heteroatoms. The Morgan fingerprint density at radius 1 is 1.78 bits per heavy atom. The molecule has 0 amide bonds. The van der Waals surface area contributed by atoms with Crippen LogP contribution in [-0.2, 0) is 11.3 Å². The summed E-state index contributed by atoms with van der Waals surface area (Å²) in [7, 11) is 0. The highest BCUT2D eigenvalue weighted by molar-refractivity contribution is 8.13. The van der Waals surface area contributed by atoms with Crippen molar-refractivity contribution < 1.29 is 4.79 Å². The fraction of sp³-hybridized carbons (Fsp3) is 0.200. The number of fused-ring (bicyclic) bond motifs is 1. The van der Waals surface area contributed by atoms with Gasteiger partial charge in [-0.3, -0.25) is 4.79 Å². The quantitative estimate of drug-likeness (QED) is 0.526. The highest BCUT2D eigenvalue weighted by atomic mass is 32.2. The second kappa shape index (κ2) is 1.60. The summed E-state index contributed by atoms with van der Waals surface area (Å²) in [5.74, 6) is 0. The number of thioether (sulfide) groups is 1. The van der Waals surface area contributed by atoms with Crippen molar-refractivity contribution in [2.75, 3.05) is 0 Å². The van der Waals surface area contributed by atoms with Crippen LogP contribution in [0.2, 0.25) is 0 Å². The lowest BCUT2D eigenvalue weighted by Gasteiger charge is -1.85. The Labute approximate surface area is 56.1 Å². The molecule has 1 aliphatic heterocycles. The standard InChI is InChI=1S/C5H4N2OS/c8-4-3-7-2-1-6-5(7)9-4/h1-2H,3H2. The first-order valence-electron chi connectivity index (χ1n) is 2.58. The molecule has 0 unspecified atom stereocenters. The van der Waals surface area contributed by atoms with Gasteiger partial charge in [0.15, 0.2) is 5.16 Å². The largest absolute Gasteiger partial charge is 0.317 e. The van der Waals surface area contributed by atoms with Crippen LogP contribution < -0.4 is 0 Å². The number of rotatable bonds is 0. The minimum Gasteiger partial charge on any atom is -0.317 e. The second-order valence-corrected chi connectivity index (χ2v) is 2.84. The van der Waals surface area contributed by atoms with Gasteiger partial charge in [-0.2, -0.15) is 0 Å². The second-order valence-electron chi connectivity index (χ2n) is 1.81. The zero-order chi connectivity index (χ0) is 6.27. The average Bonchev–Trinajstić information content (AvgIpc) is 2.22.